The standard InChI is InChI=1S/C5H8N2.C5H8O2.C2H7N.H2O4S/c1-5-3-4-7(2)6-5;1-5(6)3-4-7-2;1-2-3;1-5(2,3)4/h2*3-4H,1-2H3;2-3H2,1H3;(H2,1,2,3,4)/b;4-3+;;. The summed E-state index contributed by atoms with van der Waals surface area (Å²) in [6.45, 7) is 6.09. The molecule has 1 heterocycles. The number of hydrogen-bond acceptors (Lipinski definition) is 6. The number of carbonyl (C=O) groups is 1. The zero-order valence-corrected chi connectivity index (χ0v) is 14.2. The molecule has 4 N–H and O–H groups in total. The minimum absolute atomic E-state index is 0.00171. The number of nitrogens with zero attached hydrogens (tertiary/aromatic N) is 2. The van der Waals surface area contributed by atoms with Crippen molar-refractivity contribution in [2.24, 2.45) is 12.8 Å². The van der Waals surface area contributed by atoms with Crippen LogP contribution < -0.4 is 5.73 Å². The molecule has 10 heteroatoms. The first-order valence-corrected chi connectivity index (χ1v) is 7.43. The van der Waals surface area contributed by atoms with Gasteiger partial charge in [0.2, 0.25) is 0 Å². The van der Waals surface area contributed by atoms with Crippen molar-refractivity contribution in [3.8, 4) is 0 Å². The minimum Gasteiger partial charge on any atom is -0.504 e. The molecule has 0 bridgehead atoms. The molecule has 0 saturated carbocycles. The van der Waals surface area contributed by atoms with E-state index in [0.717, 1.165) is 12.2 Å². The van der Waals surface area contributed by atoms with Crippen molar-refractivity contribution in [1.29, 1.82) is 0 Å². The Morgan fingerprint density at radius 2 is 1.91 bits per heavy atom. The Balaban J connectivity index is -0.000000229. The van der Waals surface area contributed by atoms with E-state index in [1.54, 1.807) is 4.68 Å². The highest BCUT2D eigenvalue weighted by atomic mass is 32.3. The molecule has 0 unspecified atom stereocenters. The van der Waals surface area contributed by atoms with E-state index < -0.39 is 10.4 Å². The van der Waals surface area contributed by atoms with Gasteiger partial charge in [-0.3, -0.25) is 18.6 Å². The number of allylic oxidation sites excluding steroid dienone is 1. The molecular weight excluding hydrogens is 314 g/mol. The number of aromatic nitrogens is 2. The Kier molecular flexibility index (Phi) is 17.9. The van der Waals surface area contributed by atoms with Crippen LogP contribution >= 0.6 is 0 Å². The normalized spacial score (nSPS) is 9.45. The lowest BCUT2D eigenvalue weighted by Crippen LogP contribution is -1.89. The summed E-state index contributed by atoms with van der Waals surface area (Å²) < 4.78 is 37.8. The fourth-order valence-corrected chi connectivity index (χ4v) is 0.695. The largest absolute Gasteiger partial charge is 0.504 e. The molecule has 0 fully saturated rings. The van der Waals surface area contributed by atoms with E-state index in [1.807, 2.05) is 33.2 Å². The topological polar surface area (TPSA) is 145 Å². The second-order valence-corrected chi connectivity index (χ2v) is 4.53. The van der Waals surface area contributed by atoms with E-state index in [9.17, 15) is 4.79 Å². The van der Waals surface area contributed by atoms with Crippen LogP contribution in [0.25, 0.3) is 0 Å². The molecule has 0 spiro atoms. The highest BCUT2D eigenvalue weighted by Crippen LogP contribution is 1.86. The van der Waals surface area contributed by atoms with E-state index in [4.69, 9.17) is 23.3 Å². The molecule has 9 nitrogen and oxygen atoms in total. The first-order chi connectivity index (χ1) is 9.97. The van der Waals surface area contributed by atoms with Crippen LogP contribution in [0.4, 0.5) is 0 Å². The Bertz CT molecular complexity index is 486. The van der Waals surface area contributed by atoms with Crippen LogP contribution in [0.2, 0.25) is 0 Å². The third-order valence-electron chi connectivity index (χ3n) is 1.29. The van der Waals surface area contributed by atoms with Gasteiger partial charge in [0.25, 0.3) is 0 Å². The van der Waals surface area contributed by atoms with Crippen LogP contribution in [0.1, 0.15) is 19.5 Å². The third kappa shape index (κ3) is 42.9. The fourth-order valence-electron chi connectivity index (χ4n) is 0.695. The van der Waals surface area contributed by atoms with Gasteiger partial charge in [-0.25, -0.2) is 0 Å². The second-order valence-electron chi connectivity index (χ2n) is 3.64. The van der Waals surface area contributed by atoms with Crippen molar-refractivity contribution in [3.05, 3.63) is 30.3 Å². The highest BCUT2D eigenvalue weighted by molar-refractivity contribution is 7.79. The molecule has 0 saturated heterocycles. The van der Waals surface area contributed by atoms with Crippen LogP contribution in [0.5, 0.6) is 0 Å². The molecule has 22 heavy (non-hydrogen) atoms. The number of nitrogens with two attached hydrogens (primary N) is 1. The predicted molar refractivity (Wildman–Crippen MR) is 83.7 cm³/mol. The summed E-state index contributed by atoms with van der Waals surface area (Å²) >= 11 is 0. The van der Waals surface area contributed by atoms with Crippen LogP contribution in [0.15, 0.2) is 24.6 Å². The summed E-state index contributed by atoms with van der Waals surface area (Å²) in [6, 6.07) is 1.97. The maximum Gasteiger partial charge on any atom is 0.394 e. The van der Waals surface area contributed by atoms with Crippen molar-refractivity contribution in [3.63, 3.8) is 0 Å². The van der Waals surface area contributed by atoms with Crippen molar-refractivity contribution >= 4 is 16.2 Å². The lowest BCUT2D eigenvalue weighted by Gasteiger charge is -1.80. The third-order valence-corrected chi connectivity index (χ3v) is 1.29. The van der Waals surface area contributed by atoms with E-state index in [1.165, 1.54) is 26.4 Å². The number of ketones is 1. The monoisotopic (exact) mass is 339 g/mol. The van der Waals surface area contributed by atoms with Gasteiger partial charge in [-0.2, -0.15) is 13.5 Å². The van der Waals surface area contributed by atoms with Crippen molar-refractivity contribution in [2.75, 3.05) is 13.7 Å². The molecule has 1 rings (SSSR count). The van der Waals surface area contributed by atoms with Gasteiger partial charge in [0.05, 0.1) is 19.1 Å². The maximum absolute atomic E-state index is 10.0. The summed E-state index contributed by atoms with van der Waals surface area (Å²) in [5.41, 5.74) is 5.92. The fraction of sp³-hybridized carbons (Fsp3) is 0.500. The molecule has 1 aromatic rings. The van der Waals surface area contributed by atoms with Gasteiger partial charge in [0.1, 0.15) is 0 Å². The summed E-state index contributed by atoms with van der Waals surface area (Å²) in [5.74, 6) is 0.00171. The molecule has 0 atom stereocenters. The van der Waals surface area contributed by atoms with E-state index >= 15 is 0 Å². The van der Waals surface area contributed by atoms with Crippen LogP contribution in [-0.2, 0) is 27.0 Å². The van der Waals surface area contributed by atoms with Gasteiger partial charge in [0, 0.05) is 19.3 Å². The van der Waals surface area contributed by atoms with Gasteiger partial charge in [-0.05, 0) is 26.5 Å². The van der Waals surface area contributed by atoms with Gasteiger partial charge < -0.3 is 10.5 Å². The summed E-state index contributed by atoms with van der Waals surface area (Å²) in [7, 11) is -1.26. The molecule has 0 radical (unpaired) electrons. The van der Waals surface area contributed by atoms with Crippen LogP contribution in [0.3, 0.4) is 0 Å². The van der Waals surface area contributed by atoms with E-state index in [2.05, 4.69) is 9.84 Å². The Morgan fingerprint density at radius 3 is 2.00 bits per heavy atom. The Hall–Kier alpha value is -1.75. The zero-order valence-electron chi connectivity index (χ0n) is 13.4. The highest BCUT2D eigenvalue weighted by Gasteiger charge is 1.84. The first-order valence-electron chi connectivity index (χ1n) is 6.03. The number of aryl methyl sites for hydroxylation is 2. The lowest BCUT2D eigenvalue weighted by atomic mass is 10.4. The average molecular weight is 339 g/mol. The molecule has 1 aromatic heterocycles. The van der Waals surface area contributed by atoms with Crippen molar-refractivity contribution in [2.45, 2.75) is 20.8 Å². The number of methoxy groups -OCH3 is 1. The van der Waals surface area contributed by atoms with Gasteiger partial charge in [-0.1, -0.05) is 6.92 Å². The van der Waals surface area contributed by atoms with Crippen molar-refractivity contribution < 1.29 is 27.1 Å². The maximum atomic E-state index is 10.0. The molecule has 0 aromatic carbocycles. The molecule has 0 amide bonds. The van der Waals surface area contributed by atoms with Crippen LogP contribution in [-0.4, -0.2) is 46.7 Å². The first kappa shape index (κ1) is 25.2. The number of ether oxygens (including phenoxy) is 1. The smallest absolute Gasteiger partial charge is 0.394 e. The summed E-state index contributed by atoms with van der Waals surface area (Å²) in [6.07, 6.45) is 4.64. The minimum atomic E-state index is -4.67. The second kappa shape index (κ2) is 15.6. The molecule has 0 aliphatic carbocycles. The number of rotatable bonds is 2. The Labute approximate surface area is 131 Å². The van der Waals surface area contributed by atoms with Crippen molar-refractivity contribution in [1.82, 2.24) is 9.78 Å². The lowest BCUT2D eigenvalue weighted by molar-refractivity contribution is -0.112. The number of hydrogen-bond donors (Lipinski definition) is 3. The summed E-state index contributed by atoms with van der Waals surface area (Å²) in [4.78, 5) is 10.0. The van der Waals surface area contributed by atoms with Gasteiger partial charge in [0.15, 0.2) is 5.78 Å². The molecule has 130 valence electrons. The van der Waals surface area contributed by atoms with E-state index in [-0.39, 0.29) is 5.78 Å². The zero-order chi connectivity index (χ0) is 18.2. The SMILES string of the molecule is CCN.CO/C=C/C(C)=O.Cc1ccn(C)n1.O=S(=O)(O)O. The van der Waals surface area contributed by atoms with Gasteiger partial charge >= 0.3 is 10.4 Å². The van der Waals surface area contributed by atoms with E-state index in [0.29, 0.717) is 0 Å². The average Bonchev–Trinajstić information content (AvgIpc) is 2.70. The molecular formula is C12H25N3O6S. The quantitative estimate of drug-likeness (QED) is 0.407. The van der Waals surface area contributed by atoms with Gasteiger partial charge in [-0.15, -0.1) is 0 Å². The molecule has 0 aliphatic rings. The molecule has 0 aliphatic heterocycles. The summed E-state index contributed by atoms with van der Waals surface area (Å²) in [5, 5.41) is 4.03. The predicted octanol–water partition coefficient (Wildman–Crippen LogP) is 0.776. The number of carbonyl (C=O) groups excluding carboxylic acids is 1. The Morgan fingerprint density at radius 1 is 1.50 bits per heavy atom. The van der Waals surface area contributed by atoms with Crippen LogP contribution in [0, 0.1) is 6.92 Å².